The molecule has 0 unspecified atom stereocenters. The van der Waals surface area contributed by atoms with E-state index in [1.54, 1.807) is 11.3 Å². The molecule has 2 aromatic heterocycles. The molecule has 4 rings (SSSR count). The average Bonchev–Trinajstić information content (AvgIpc) is 3.38. The highest BCUT2D eigenvalue weighted by Gasteiger charge is 2.27. The van der Waals surface area contributed by atoms with Crippen molar-refractivity contribution in [1.29, 1.82) is 0 Å². The Hall–Kier alpha value is -2.44. The molecule has 0 aliphatic carbocycles. The van der Waals surface area contributed by atoms with E-state index < -0.39 is 0 Å². The Kier molecular flexibility index (Phi) is 5.59. The van der Waals surface area contributed by atoms with Crippen LogP contribution >= 0.6 is 11.3 Å². The lowest BCUT2D eigenvalue weighted by molar-refractivity contribution is 0.0596. The molecule has 1 amide bonds. The Labute approximate surface area is 170 Å². The summed E-state index contributed by atoms with van der Waals surface area (Å²) in [6.07, 6.45) is 1.92. The predicted molar refractivity (Wildman–Crippen MR) is 114 cm³/mol. The smallest absolute Gasteiger partial charge is 0.257 e. The first kappa shape index (κ1) is 18.9. The number of amides is 1. The van der Waals surface area contributed by atoms with E-state index in [4.69, 9.17) is 5.10 Å². The topological polar surface area (TPSA) is 41.4 Å². The number of carbonyl (C=O) groups is 1. The number of rotatable bonds is 5. The van der Waals surface area contributed by atoms with Crippen LogP contribution in [-0.4, -0.2) is 57.7 Å². The molecule has 146 valence electrons. The minimum absolute atomic E-state index is 0.0890. The number of piperazine rings is 1. The van der Waals surface area contributed by atoms with E-state index in [0.29, 0.717) is 18.2 Å². The Balaban J connectivity index is 1.59. The van der Waals surface area contributed by atoms with Gasteiger partial charge >= 0.3 is 0 Å². The van der Waals surface area contributed by atoms with Gasteiger partial charge in [-0.2, -0.15) is 5.10 Å². The largest absolute Gasteiger partial charge is 0.336 e. The monoisotopic (exact) mass is 394 g/mol. The van der Waals surface area contributed by atoms with E-state index in [0.717, 1.165) is 36.8 Å². The summed E-state index contributed by atoms with van der Waals surface area (Å²) in [5, 5.41) is 6.81. The van der Waals surface area contributed by atoms with Crippen LogP contribution in [0.1, 0.15) is 29.8 Å². The van der Waals surface area contributed by atoms with E-state index in [1.165, 1.54) is 5.56 Å². The van der Waals surface area contributed by atoms with Crippen LogP contribution in [0.25, 0.3) is 10.6 Å². The Morgan fingerprint density at radius 1 is 1.07 bits per heavy atom. The third kappa shape index (κ3) is 4.03. The lowest BCUT2D eigenvalue weighted by Gasteiger charge is -2.36. The van der Waals surface area contributed by atoms with Crippen molar-refractivity contribution in [1.82, 2.24) is 19.6 Å². The first-order valence-electron chi connectivity index (χ1n) is 9.80. The van der Waals surface area contributed by atoms with Gasteiger partial charge in [0, 0.05) is 38.4 Å². The van der Waals surface area contributed by atoms with Gasteiger partial charge in [0.25, 0.3) is 5.91 Å². The van der Waals surface area contributed by atoms with Crippen molar-refractivity contribution in [3.05, 3.63) is 65.2 Å². The summed E-state index contributed by atoms with van der Waals surface area (Å²) >= 11 is 1.62. The molecule has 1 aliphatic heterocycles. The number of hydrogen-bond donors (Lipinski definition) is 0. The summed E-state index contributed by atoms with van der Waals surface area (Å²) in [6, 6.07) is 14.8. The van der Waals surface area contributed by atoms with Gasteiger partial charge in [-0.05, 0) is 30.9 Å². The highest BCUT2D eigenvalue weighted by Crippen LogP contribution is 2.28. The van der Waals surface area contributed by atoms with Crippen LogP contribution in [0.15, 0.2) is 54.0 Å². The SMILES string of the molecule is CC(C)N1CCN(C(=O)c2cn(Cc3ccccc3)nc2-c2cccs2)CC1. The highest BCUT2D eigenvalue weighted by molar-refractivity contribution is 7.13. The summed E-state index contributed by atoms with van der Waals surface area (Å²) in [5.74, 6) is 0.0890. The molecular formula is C22H26N4OS. The second-order valence-corrected chi connectivity index (χ2v) is 8.42. The summed E-state index contributed by atoms with van der Waals surface area (Å²) in [4.78, 5) is 18.7. The van der Waals surface area contributed by atoms with Crippen molar-refractivity contribution in [3.8, 4) is 10.6 Å². The maximum absolute atomic E-state index is 13.3. The third-order valence-electron chi connectivity index (χ3n) is 5.27. The van der Waals surface area contributed by atoms with Crippen molar-refractivity contribution in [3.63, 3.8) is 0 Å². The molecule has 1 saturated heterocycles. The van der Waals surface area contributed by atoms with E-state index in [2.05, 4.69) is 30.9 Å². The van der Waals surface area contributed by atoms with Crippen LogP contribution in [0, 0.1) is 0 Å². The fraction of sp³-hybridized carbons (Fsp3) is 0.364. The van der Waals surface area contributed by atoms with Gasteiger partial charge in [0.15, 0.2) is 0 Å². The quantitative estimate of drug-likeness (QED) is 0.660. The number of carbonyl (C=O) groups excluding carboxylic acids is 1. The van der Waals surface area contributed by atoms with E-state index >= 15 is 0 Å². The Morgan fingerprint density at radius 2 is 1.82 bits per heavy atom. The highest BCUT2D eigenvalue weighted by atomic mass is 32.1. The number of thiophene rings is 1. The normalized spacial score (nSPS) is 15.3. The summed E-state index contributed by atoms with van der Waals surface area (Å²) < 4.78 is 1.89. The molecule has 28 heavy (non-hydrogen) atoms. The van der Waals surface area contributed by atoms with Crippen molar-refractivity contribution < 1.29 is 4.79 Å². The molecule has 0 radical (unpaired) electrons. The molecule has 3 heterocycles. The molecule has 0 atom stereocenters. The van der Waals surface area contributed by atoms with Crippen molar-refractivity contribution in [2.75, 3.05) is 26.2 Å². The van der Waals surface area contributed by atoms with Gasteiger partial charge in [-0.25, -0.2) is 0 Å². The van der Waals surface area contributed by atoms with Crippen molar-refractivity contribution >= 4 is 17.2 Å². The van der Waals surface area contributed by atoms with Crippen LogP contribution < -0.4 is 0 Å². The van der Waals surface area contributed by atoms with Gasteiger partial charge in [0.1, 0.15) is 5.69 Å². The zero-order valence-corrected chi connectivity index (χ0v) is 17.2. The van der Waals surface area contributed by atoms with E-state index in [1.807, 2.05) is 51.5 Å². The molecular weight excluding hydrogens is 368 g/mol. The molecule has 6 heteroatoms. The fourth-order valence-corrected chi connectivity index (χ4v) is 4.36. The molecule has 1 aromatic carbocycles. The van der Waals surface area contributed by atoms with Crippen molar-refractivity contribution in [2.45, 2.75) is 26.4 Å². The molecule has 1 aliphatic rings. The standard InChI is InChI=1S/C22H26N4OS/c1-17(2)24-10-12-25(13-11-24)22(27)19-16-26(15-18-7-4-3-5-8-18)23-21(19)20-9-6-14-28-20/h3-9,14,16-17H,10-13,15H2,1-2H3. The Morgan fingerprint density at radius 3 is 2.46 bits per heavy atom. The van der Waals surface area contributed by atoms with Crippen LogP contribution in [0.3, 0.4) is 0 Å². The fourth-order valence-electron chi connectivity index (χ4n) is 3.64. The van der Waals surface area contributed by atoms with Crippen LogP contribution in [-0.2, 0) is 6.54 Å². The minimum atomic E-state index is 0.0890. The van der Waals surface area contributed by atoms with Crippen LogP contribution in [0.5, 0.6) is 0 Å². The van der Waals surface area contributed by atoms with Gasteiger partial charge in [0.2, 0.25) is 0 Å². The van der Waals surface area contributed by atoms with Crippen LogP contribution in [0.2, 0.25) is 0 Å². The Bertz CT molecular complexity index is 909. The lowest BCUT2D eigenvalue weighted by Crippen LogP contribution is -2.50. The average molecular weight is 395 g/mol. The van der Waals surface area contributed by atoms with Gasteiger partial charge < -0.3 is 4.90 Å². The molecule has 0 saturated carbocycles. The zero-order valence-electron chi connectivity index (χ0n) is 16.4. The van der Waals surface area contributed by atoms with E-state index in [-0.39, 0.29) is 5.91 Å². The van der Waals surface area contributed by atoms with Crippen molar-refractivity contribution in [2.24, 2.45) is 0 Å². The number of hydrogen-bond acceptors (Lipinski definition) is 4. The number of nitrogens with zero attached hydrogens (tertiary/aromatic N) is 4. The predicted octanol–water partition coefficient (Wildman–Crippen LogP) is 3.83. The van der Waals surface area contributed by atoms with Gasteiger partial charge in [-0.3, -0.25) is 14.4 Å². The molecule has 0 spiro atoms. The summed E-state index contributed by atoms with van der Waals surface area (Å²) in [6.45, 7) is 8.47. The van der Waals surface area contributed by atoms with Gasteiger partial charge in [0.05, 0.1) is 17.0 Å². The van der Waals surface area contributed by atoms with E-state index in [9.17, 15) is 4.79 Å². The van der Waals surface area contributed by atoms with Crippen LogP contribution in [0.4, 0.5) is 0 Å². The molecule has 3 aromatic rings. The summed E-state index contributed by atoms with van der Waals surface area (Å²) in [5.41, 5.74) is 2.67. The second-order valence-electron chi connectivity index (χ2n) is 7.47. The van der Waals surface area contributed by atoms with Gasteiger partial charge in [-0.15, -0.1) is 11.3 Å². The number of benzene rings is 1. The maximum Gasteiger partial charge on any atom is 0.257 e. The summed E-state index contributed by atoms with van der Waals surface area (Å²) in [7, 11) is 0. The minimum Gasteiger partial charge on any atom is -0.336 e. The molecule has 5 nitrogen and oxygen atoms in total. The first-order valence-corrected chi connectivity index (χ1v) is 10.7. The maximum atomic E-state index is 13.3. The lowest BCUT2D eigenvalue weighted by atomic mass is 10.1. The zero-order chi connectivity index (χ0) is 19.5. The first-order chi connectivity index (χ1) is 13.6. The molecule has 1 fully saturated rings. The second kappa shape index (κ2) is 8.29. The third-order valence-corrected chi connectivity index (χ3v) is 6.14. The number of aromatic nitrogens is 2. The molecule has 0 N–H and O–H groups in total. The van der Waals surface area contributed by atoms with Gasteiger partial charge in [-0.1, -0.05) is 36.4 Å². The molecule has 0 bridgehead atoms.